The minimum atomic E-state index is -2.99. The summed E-state index contributed by atoms with van der Waals surface area (Å²) in [6.07, 6.45) is 0. The molecule has 0 aliphatic heterocycles. The predicted octanol–water partition coefficient (Wildman–Crippen LogP) is 2.89. The molecule has 0 radical (unpaired) electrons. The highest BCUT2D eigenvalue weighted by Crippen LogP contribution is 2.40. The maximum Gasteiger partial charge on any atom is 0.357 e. The number of hydrogen-bond donors (Lipinski definition) is 2. The fourth-order valence-electron chi connectivity index (χ4n) is 5.61. The zero-order valence-electron chi connectivity index (χ0n) is 21.4. The Hall–Kier alpha value is -4.44. The lowest BCUT2D eigenvalue weighted by Gasteiger charge is -2.10. The molecule has 44 heavy (non-hydrogen) atoms. The van der Waals surface area contributed by atoms with Gasteiger partial charge in [-0.15, -0.1) is 0 Å². The molecule has 1 heterocycles. The van der Waals surface area contributed by atoms with Crippen LogP contribution in [0.15, 0.2) is 67.7 Å². The predicted molar refractivity (Wildman–Crippen MR) is 165 cm³/mol. The number of fused-ring (bicyclic) bond motifs is 8. The van der Waals surface area contributed by atoms with Crippen LogP contribution in [0.1, 0.15) is 0 Å². The third-order valence-corrected chi connectivity index (χ3v) is 8.68. The first kappa shape index (κ1) is 28.3. The SMILES string of the molecule is O=c1c2ccccc2c(=O)c2c1c(OS(=O)O)c(Cl)c1[nH+]c3c([nH+]c12)c(Cl)c(OS(=O)O)c1c(=O)c2ccccc2c(=O)c13. The number of aromatic amines is 2. The van der Waals surface area contributed by atoms with Gasteiger partial charge in [0.05, 0.1) is 10.8 Å². The Kier molecular flexibility index (Phi) is 6.47. The Morgan fingerprint density at radius 3 is 1.11 bits per heavy atom. The Morgan fingerprint density at radius 2 is 0.818 bits per heavy atom. The van der Waals surface area contributed by atoms with Crippen molar-refractivity contribution in [3.8, 4) is 11.5 Å². The summed E-state index contributed by atoms with van der Waals surface area (Å²) in [7, 11) is 0. The average Bonchev–Trinajstić information content (AvgIpc) is 3.00. The van der Waals surface area contributed by atoms with Crippen molar-refractivity contribution in [2.45, 2.75) is 0 Å². The molecule has 0 fully saturated rings. The zero-order chi connectivity index (χ0) is 31.2. The molecule has 0 amide bonds. The summed E-state index contributed by atoms with van der Waals surface area (Å²) in [5.74, 6) is -1.18. The van der Waals surface area contributed by atoms with Crippen LogP contribution in [-0.2, 0) is 22.7 Å². The topological polar surface area (TPSA) is 190 Å². The molecule has 0 saturated heterocycles. The number of halogens is 2. The van der Waals surface area contributed by atoms with Gasteiger partial charge in [0, 0.05) is 21.5 Å². The van der Waals surface area contributed by atoms with Gasteiger partial charge < -0.3 is 8.37 Å². The van der Waals surface area contributed by atoms with Gasteiger partial charge in [0.1, 0.15) is 10.8 Å². The largest absolute Gasteiger partial charge is 0.377 e. The summed E-state index contributed by atoms with van der Waals surface area (Å²) in [4.78, 5) is 60.8. The molecule has 218 valence electrons. The summed E-state index contributed by atoms with van der Waals surface area (Å²) >= 11 is 7.35. The van der Waals surface area contributed by atoms with E-state index in [-0.39, 0.29) is 54.4 Å². The molecule has 4 N–H and O–H groups in total. The molecule has 0 aliphatic rings. The molecule has 16 heteroatoms. The van der Waals surface area contributed by atoms with E-state index in [0.29, 0.717) is 0 Å². The van der Waals surface area contributed by atoms with Gasteiger partial charge >= 0.3 is 22.7 Å². The minimum Gasteiger partial charge on any atom is -0.377 e. The first-order valence-electron chi connectivity index (χ1n) is 12.3. The van der Waals surface area contributed by atoms with Crippen molar-refractivity contribution in [1.82, 2.24) is 0 Å². The average molecular weight is 671 g/mol. The molecular formula is C28H12Cl2N2O10S2+2. The van der Waals surface area contributed by atoms with Crippen LogP contribution in [0.4, 0.5) is 0 Å². The molecule has 0 aliphatic carbocycles. The first-order chi connectivity index (χ1) is 21.0. The Morgan fingerprint density at radius 1 is 0.523 bits per heavy atom. The second-order valence-electron chi connectivity index (χ2n) is 9.54. The van der Waals surface area contributed by atoms with Crippen molar-refractivity contribution in [1.29, 1.82) is 0 Å². The van der Waals surface area contributed by atoms with Gasteiger partial charge in [-0.3, -0.25) is 28.3 Å². The van der Waals surface area contributed by atoms with E-state index < -0.39 is 76.8 Å². The van der Waals surface area contributed by atoms with Crippen LogP contribution < -0.4 is 40.0 Å². The lowest BCUT2D eigenvalue weighted by atomic mass is 9.98. The number of H-pyrrole nitrogens is 2. The Labute approximate surface area is 257 Å². The first-order valence-corrected chi connectivity index (χ1v) is 15.1. The number of hydrogen-bond acceptors (Lipinski definition) is 8. The van der Waals surface area contributed by atoms with Gasteiger partial charge in [-0.25, -0.2) is 0 Å². The molecule has 12 nitrogen and oxygen atoms in total. The van der Waals surface area contributed by atoms with Crippen LogP contribution in [0, 0.1) is 0 Å². The van der Waals surface area contributed by atoms with Gasteiger partial charge in [0.25, 0.3) is 22.1 Å². The summed E-state index contributed by atoms with van der Waals surface area (Å²) in [6, 6.07) is 11.8. The van der Waals surface area contributed by atoms with Gasteiger partial charge in [-0.1, -0.05) is 71.7 Å². The van der Waals surface area contributed by atoms with Crippen molar-refractivity contribution in [3.05, 3.63) is 99.5 Å². The highest BCUT2D eigenvalue weighted by atomic mass is 35.5. The number of nitrogens with one attached hydrogen (secondary N) is 2. The van der Waals surface area contributed by atoms with E-state index in [1.165, 1.54) is 36.4 Å². The fourth-order valence-corrected chi connectivity index (χ4v) is 6.87. The summed E-state index contributed by atoms with van der Waals surface area (Å²) in [6.45, 7) is 0. The smallest absolute Gasteiger partial charge is 0.357 e. The van der Waals surface area contributed by atoms with Crippen molar-refractivity contribution >= 4 is 111 Å². The van der Waals surface area contributed by atoms with E-state index in [0.717, 1.165) is 0 Å². The maximum absolute atomic E-state index is 13.9. The fraction of sp³-hybridized carbons (Fsp3) is 0. The normalized spacial score (nSPS) is 13.4. The van der Waals surface area contributed by atoms with Gasteiger partial charge in [-0.2, -0.15) is 18.4 Å². The van der Waals surface area contributed by atoms with Crippen LogP contribution in [0.2, 0.25) is 10.0 Å². The number of benzene rings is 6. The highest BCUT2D eigenvalue weighted by molar-refractivity contribution is 7.74. The molecule has 7 rings (SSSR count). The van der Waals surface area contributed by atoms with E-state index in [1.54, 1.807) is 12.1 Å². The quantitative estimate of drug-likeness (QED) is 0.160. The molecule has 2 atom stereocenters. The standard InChI is InChI=1S/C28H10Cl2N2O10S2/c29-17-21-19(13-15(27(17)41-43(37)38)25(35)11-7-3-1-5-9(11)23(13)33)31-22-18(30)28(42-44(39)40)16-14(20(22)32-21)24(34)10-6-2-4-8-12(10)26(16)36/h1-8H,(H,37,38)(H,39,40)/p+2. The van der Waals surface area contributed by atoms with Crippen LogP contribution in [-0.4, -0.2) is 17.5 Å². The van der Waals surface area contributed by atoms with Gasteiger partial charge in [0.15, 0.2) is 32.4 Å². The van der Waals surface area contributed by atoms with Crippen molar-refractivity contribution in [2.75, 3.05) is 0 Å². The zero-order valence-corrected chi connectivity index (χ0v) is 24.5. The maximum atomic E-state index is 13.9. The van der Waals surface area contributed by atoms with E-state index in [9.17, 15) is 36.7 Å². The van der Waals surface area contributed by atoms with E-state index in [1.807, 2.05) is 0 Å². The van der Waals surface area contributed by atoms with E-state index in [4.69, 9.17) is 31.6 Å². The lowest BCUT2D eigenvalue weighted by Crippen LogP contribution is -2.25. The molecule has 6 aromatic carbocycles. The van der Waals surface area contributed by atoms with Crippen LogP contribution >= 0.6 is 23.2 Å². The monoisotopic (exact) mass is 670 g/mol. The van der Waals surface area contributed by atoms with Gasteiger partial charge in [0.2, 0.25) is 10.9 Å². The second kappa shape index (κ2) is 10.1. The third kappa shape index (κ3) is 3.89. The summed E-state index contributed by atoms with van der Waals surface area (Å²) in [5, 5.41) is -2.25. The molecule has 0 saturated carbocycles. The van der Waals surface area contributed by atoms with Crippen molar-refractivity contribution in [2.24, 2.45) is 0 Å². The molecule has 0 bridgehead atoms. The number of aromatic nitrogens is 2. The molecule has 1 aromatic heterocycles. The minimum absolute atomic E-state index is 0.00487. The lowest BCUT2D eigenvalue weighted by molar-refractivity contribution is -0.359. The Balaban J connectivity index is 1.83. The van der Waals surface area contributed by atoms with Crippen LogP contribution in [0.25, 0.3) is 65.2 Å². The third-order valence-electron chi connectivity index (χ3n) is 7.34. The van der Waals surface area contributed by atoms with Crippen LogP contribution in [0.5, 0.6) is 11.5 Å². The highest BCUT2D eigenvalue weighted by Gasteiger charge is 2.35. The van der Waals surface area contributed by atoms with Gasteiger partial charge in [-0.05, 0) is 0 Å². The summed E-state index contributed by atoms with van der Waals surface area (Å²) < 4.78 is 52.9. The van der Waals surface area contributed by atoms with Crippen molar-refractivity contribution in [3.63, 3.8) is 0 Å². The van der Waals surface area contributed by atoms with Crippen molar-refractivity contribution < 1.29 is 35.9 Å². The molecule has 7 aromatic rings. The summed E-state index contributed by atoms with van der Waals surface area (Å²) in [5.41, 5.74) is -3.41. The second-order valence-corrected chi connectivity index (χ2v) is 11.5. The van der Waals surface area contributed by atoms with Crippen LogP contribution in [0.3, 0.4) is 0 Å². The molecule has 0 spiro atoms. The molecule has 2 unspecified atom stereocenters. The molecular weight excluding hydrogens is 659 g/mol. The van der Waals surface area contributed by atoms with E-state index in [2.05, 4.69) is 9.97 Å². The number of rotatable bonds is 4. The Bertz CT molecular complexity index is 2560. The van der Waals surface area contributed by atoms with E-state index >= 15 is 0 Å².